The van der Waals surface area contributed by atoms with Crippen molar-refractivity contribution in [2.75, 3.05) is 0 Å². The Morgan fingerprint density at radius 2 is 1.83 bits per heavy atom. The maximum absolute atomic E-state index is 10.6. The Labute approximate surface area is 78.1 Å². The molecule has 0 aromatic heterocycles. The van der Waals surface area contributed by atoms with Gasteiger partial charge in [0.25, 0.3) is 0 Å². The van der Waals surface area contributed by atoms with Gasteiger partial charge in [-0.3, -0.25) is 4.79 Å². The van der Waals surface area contributed by atoms with Gasteiger partial charge in [-0.25, -0.2) is 0 Å². The lowest BCUT2D eigenvalue weighted by atomic mass is 9.96. The van der Waals surface area contributed by atoms with Gasteiger partial charge in [-0.2, -0.15) is 0 Å². The smallest absolute Gasteiger partial charge is 0.219 e. The molecule has 0 fully saturated rings. The van der Waals surface area contributed by atoms with Crippen LogP contribution in [0.3, 0.4) is 0 Å². The van der Waals surface area contributed by atoms with Gasteiger partial charge in [0.05, 0.1) is 4.87 Å². The second-order valence-corrected chi connectivity index (χ2v) is 3.58. The van der Waals surface area contributed by atoms with Gasteiger partial charge < -0.3 is 5.73 Å². The van der Waals surface area contributed by atoms with E-state index in [-0.39, 0.29) is 6.42 Å². The molecule has 0 aliphatic heterocycles. The third-order valence-electron chi connectivity index (χ3n) is 1.51. The molecule has 0 rings (SSSR count). The van der Waals surface area contributed by atoms with Crippen LogP contribution in [-0.4, -0.2) is 10.8 Å². The van der Waals surface area contributed by atoms with E-state index in [0.29, 0.717) is 12.8 Å². The summed E-state index contributed by atoms with van der Waals surface area (Å²) < 4.78 is 0. The number of alkyl halides is 1. The van der Waals surface area contributed by atoms with Crippen LogP contribution in [-0.2, 0) is 4.79 Å². The molecular weight excluding hydrogens is 174 g/mol. The predicted octanol–water partition coefficient (Wildman–Crippen LogP) is 1.99. The molecule has 0 saturated heterocycles. The quantitative estimate of drug-likeness (QED) is 0.502. The van der Waals surface area contributed by atoms with E-state index in [9.17, 15) is 4.79 Å². The van der Waals surface area contributed by atoms with E-state index in [1.54, 1.807) is 12.2 Å². The predicted molar refractivity (Wildman–Crippen MR) is 52.0 cm³/mol. The molecule has 2 nitrogen and oxygen atoms in total. The van der Waals surface area contributed by atoms with Gasteiger partial charge in [0, 0.05) is 6.42 Å². The summed E-state index contributed by atoms with van der Waals surface area (Å²) in [4.78, 5) is 10.0. The number of carbonyl (C=O) groups is 1. The molecule has 1 amide bonds. The third-order valence-corrected chi connectivity index (χ3v) is 1.95. The van der Waals surface area contributed by atoms with Gasteiger partial charge in [-0.1, -0.05) is 12.2 Å². The summed E-state index contributed by atoms with van der Waals surface area (Å²) in [5.41, 5.74) is 5.05. The molecule has 68 valence electrons. The Bertz CT molecular complexity index is 179. The molecule has 0 saturated carbocycles. The Kier molecular flexibility index (Phi) is 4.67. The van der Waals surface area contributed by atoms with Crippen molar-refractivity contribution in [3.63, 3.8) is 0 Å². The van der Waals surface area contributed by atoms with Crippen LogP contribution >= 0.6 is 11.6 Å². The van der Waals surface area contributed by atoms with Crippen LogP contribution in [0.15, 0.2) is 25.3 Å². The van der Waals surface area contributed by atoms with Crippen molar-refractivity contribution in [1.29, 1.82) is 0 Å². The van der Waals surface area contributed by atoms with E-state index in [4.69, 9.17) is 17.3 Å². The minimum atomic E-state index is -0.616. The normalized spacial score (nSPS) is 10.8. The molecule has 3 heteroatoms. The van der Waals surface area contributed by atoms with Gasteiger partial charge in [-0.15, -0.1) is 24.8 Å². The Morgan fingerprint density at radius 3 is 2.08 bits per heavy atom. The number of carbonyl (C=O) groups excluding carboxylic acids is 1. The largest absolute Gasteiger partial charge is 0.370 e. The maximum atomic E-state index is 10.6. The van der Waals surface area contributed by atoms with Crippen molar-refractivity contribution in [1.82, 2.24) is 0 Å². The van der Waals surface area contributed by atoms with E-state index in [1.807, 2.05) is 0 Å². The number of primary amides is 1. The van der Waals surface area contributed by atoms with Crippen molar-refractivity contribution >= 4 is 17.5 Å². The van der Waals surface area contributed by atoms with Crippen LogP contribution in [0.1, 0.15) is 19.3 Å². The zero-order valence-electron chi connectivity index (χ0n) is 7.05. The van der Waals surface area contributed by atoms with Gasteiger partial charge in [0.15, 0.2) is 0 Å². The van der Waals surface area contributed by atoms with Crippen LogP contribution in [0.25, 0.3) is 0 Å². The minimum Gasteiger partial charge on any atom is -0.370 e. The standard InChI is InChI=1S/C9H14ClNO/c1-3-5-9(10,6-4-2)7-8(11)12/h3-4H,1-2,5-7H2,(H2,11,12). The van der Waals surface area contributed by atoms with Crippen molar-refractivity contribution in [2.45, 2.75) is 24.1 Å². The van der Waals surface area contributed by atoms with Crippen molar-refractivity contribution in [3.05, 3.63) is 25.3 Å². The first-order chi connectivity index (χ1) is 5.54. The Hall–Kier alpha value is -0.760. The average molecular weight is 188 g/mol. The Morgan fingerprint density at radius 1 is 1.42 bits per heavy atom. The summed E-state index contributed by atoms with van der Waals surface area (Å²) >= 11 is 6.09. The molecule has 0 aromatic carbocycles. The van der Waals surface area contributed by atoms with E-state index >= 15 is 0 Å². The molecule has 0 atom stereocenters. The van der Waals surface area contributed by atoms with Crippen LogP contribution in [0.2, 0.25) is 0 Å². The molecule has 12 heavy (non-hydrogen) atoms. The van der Waals surface area contributed by atoms with E-state index in [1.165, 1.54) is 0 Å². The van der Waals surface area contributed by atoms with Crippen molar-refractivity contribution in [3.8, 4) is 0 Å². The molecule has 0 aromatic rings. The average Bonchev–Trinajstić information content (AvgIpc) is 1.85. The molecule has 0 heterocycles. The highest BCUT2D eigenvalue weighted by atomic mass is 35.5. The van der Waals surface area contributed by atoms with Crippen LogP contribution in [0.5, 0.6) is 0 Å². The highest BCUT2D eigenvalue weighted by Gasteiger charge is 2.26. The Balaban J connectivity index is 4.25. The fourth-order valence-electron chi connectivity index (χ4n) is 1.06. The highest BCUT2D eigenvalue weighted by Crippen LogP contribution is 2.28. The number of hydrogen-bond donors (Lipinski definition) is 1. The van der Waals surface area contributed by atoms with Crippen LogP contribution in [0.4, 0.5) is 0 Å². The first-order valence-electron chi connectivity index (χ1n) is 3.73. The topological polar surface area (TPSA) is 43.1 Å². The monoisotopic (exact) mass is 187 g/mol. The fourth-order valence-corrected chi connectivity index (χ4v) is 1.41. The molecule has 0 spiro atoms. The zero-order chi connectivity index (χ0) is 9.61. The first-order valence-corrected chi connectivity index (χ1v) is 4.11. The number of amides is 1. The summed E-state index contributed by atoms with van der Waals surface area (Å²) in [6.45, 7) is 7.13. The van der Waals surface area contributed by atoms with Gasteiger partial charge >= 0.3 is 0 Å². The lowest BCUT2D eigenvalue weighted by Crippen LogP contribution is -2.28. The number of rotatable bonds is 6. The second-order valence-electron chi connectivity index (χ2n) is 2.78. The maximum Gasteiger partial charge on any atom is 0.219 e. The van der Waals surface area contributed by atoms with Crippen LogP contribution < -0.4 is 5.73 Å². The number of halogens is 1. The zero-order valence-corrected chi connectivity index (χ0v) is 7.81. The van der Waals surface area contributed by atoms with E-state index in [0.717, 1.165) is 0 Å². The molecule has 0 radical (unpaired) electrons. The minimum absolute atomic E-state index is 0.159. The summed E-state index contributed by atoms with van der Waals surface area (Å²) in [5, 5.41) is 0. The molecule has 0 aliphatic rings. The summed E-state index contributed by atoms with van der Waals surface area (Å²) in [5.74, 6) is -0.395. The van der Waals surface area contributed by atoms with E-state index in [2.05, 4.69) is 13.2 Å². The van der Waals surface area contributed by atoms with Crippen molar-refractivity contribution in [2.24, 2.45) is 5.73 Å². The summed E-state index contributed by atoms with van der Waals surface area (Å²) in [6, 6.07) is 0. The molecule has 0 unspecified atom stereocenters. The summed E-state index contributed by atoms with van der Waals surface area (Å²) in [6.07, 6.45) is 4.64. The third kappa shape index (κ3) is 4.19. The van der Waals surface area contributed by atoms with Gasteiger partial charge in [0.1, 0.15) is 0 Å². The van der Waals surface area contributed by atoms with E-state index < -0.39 is 10.8 Å². The molecular formula is C9H14ClNO. The number of hydrogen-bond acceptors (Lipinski definition) is 1. The first kappa shape index (κ1) is 11.2. The lowest BCUT2D eigenvalue weighted by molar-refractivity contribution is -0.118. The van der Waals surface area contributed by atoms with Crippen LogP contribution in [0, 0.1) is 0 Å². The molecule has 0 aliphatic carbocycles. The van der Waals surface area contributed by atoms with Crippen molar-refractivity contribution < 1.29 is 4.79 Å². The second kappa shape index (κ2) is 4.99. The molecule has 2 N–H and O–H groups in total. The van der Waals surface area contributed by atoms with Gasteiger partial charge in [-0.05, 0) is 12.8 Å². The number of nitrogens with two attached hydrogens (primary N) is 1. The van der Waals surface area contributed by atoms with Gasteiger partial charge in [0.2, 0.25) is 5.91 Å². The summed E-state index contributed by atoms with van der Waals surface area (Å²) in [7, 11) is 0. The number of allylic oxidation sites excluding steroid dienone is 2. The lowest BCUT2D eigenvalue weighted by Gasteiger charge is -2.22. The SMILES string of the molecule is C=CCC(Cl)(CC=C)CC(N)=O. The highest BCUT2D eigenvalue weighted by molar-refractivity contribution is 6.25. The molecule has 0 bridgehead atoms. The fraction of sp³-hybridized carbons (Fsp3) is 0.444.